The van der Waals surface area contributed by atoms with Crippen molar-refractivity contribution in [2.75, 3.05) is 23.3 Å². The van der Waals surface area contributed by atoms with Crippen LogP contribution >= 0.6 is 0 Å². The van der Waals surface area contributed by atoms with Crippen LogP contribution in [-0.4, -0.2) is 40.3 Å². The molecule has 9 heteroatoms. The number of nitrogen functional groups attached to an aromatic ring is 1. The van der Waals surface area contributed by atoms with Crippen molar-refractivity contribution < 1.29 is 9.59 Å². The van der Waals surface area contributed by atoms with Crippen molar-refractivity contribution >= 4 is 40.1 Å². The summed E-state index contributed by atoms with van der Waals surface area (Å²) < 4.78 is 1.89. The second-order valence-electron chi connectivity index (χ2n) is 8.92. The number of rotatable bonds is 7. The number of primary amides is 1. The summed E-state index contributed by atoms with van der Waals surface area (Å²) in [6.07, 6.45) is 3.99. The molecule has 182 valence electrons. The van der Waals surface area contributed by atoms with Gasteiger partial charge in [-0.05, 0) is 48.7 Å². The largest absolute Gasteiger partial charge is 0.384 e. The predicted molar refractivity (Wildman–Crippen MR) is 141 cm³/mol. The molecule has 1 saturated heterocycles. The molecule has 4 aromatic rings. The quantitative estimate of drug-likeness (QED) is 0.236. The summed E-state index contributed by atoms with van der Waals surface area (Å²) in [5, 5.41) is 11.7. The Bertz CT molecular complexity index is 1470. The summed E-state index contributed by atoms with van der Waals surface area (Å²) in [4.78, 5) is 31.6. The van der Waals surface area contributed by atoms with E-state index in [0.29, 0.717) is 29.1 Å². The molecule has 0 radical (unpaired) electrons. The first-order valence-electron chi connectivity index (χ1n) is 11.8. The highest BCUT2D eigenvalue weighted by Gasteiger charge is 2.19. The van der Waals surface area contributed by atoms with Gasteiger partial charge in [0.05, 0.1) is 0 Å². The van der Waals surface area contributed by atoms with E-state index in [4.69, 9.17) is 16.9 Å². The Morgan fingerprint density at radius 1 is 0.944 bits per heavy atom. The first kappa shape index (κ1) is 23.1. The Morgan fingerprint density at radius 3 is 2.36 bits per heavy atom. The zero-order valence-electron chi connectivity index (χ0n) is 19.7. The number of benzene rings is 2. The molecule has 2 aromatic heterocycles. The number of amides is 2. The smallest absolute Gasteiger partial charge is 0.272 e. The van der Waals surface area contributed by atoms with Crippen LogP contribution in [0.5, 0.6) is 0 Å². The minimum absolute atomic E-state index is 0.0484. The highest BCUT2D eigenvalue weighted by molar-refractivity contribution is 6.07. The molecule has 5 rings (SSSR count). The lowest BCUT2D eigenvalue weighted by Gasteiger charge is -2.17. The minimum Gasteiger partial charge on any atom is -0.384 e. The van der Waals surface area contributed by atoms with Crippen LogP contribution in [0.25, 0.3) is 10.9 Å². The standard InChI is InChI=1S/C27H27N7O2/c28-25(29)20-8-7-19-13-23(27(36)32-21-9-10-31-24(15-21)33-11-1-2-12-33)34(22(19)14-20)16-17-3-5-18(6-4-17)26(30)35/h3-10,13-15H,1-2,11-12,16H2,(H3,28,29)(H2,30,35)(H,31,32,36). The lowest BCUT2D eigenvalue weighted by molar-refractivity contribution is 0.0997. The molecule has 0 unspecified atom stereocenters. The number of fused-ring (bicyclic) bond motifs is 1. The van der Waals surface area contributed by atoms with Crippen molar-refractivity contribution in [2.45, 2.75) is 19.4 Å². The lowest BCUT2D eigenvalue weighted by Crippen LogP contribution is -2.20. The van der Waals surface area contributed by atoms with E-state index >= 15 is 0 Å². The van der Waals surface area contributed by atoms with Gasteiger partial charge >= 0.3 is 0 Å². The molecule has 2 amide bonds. The van der Waals surface area contributed by atoms with E-state index < -0.39 is 5.91 Å². The van der Waals surface area contributed by atoms with Gasteiger partial charge in [0.25, 0.3) is 5.91 Å². The van der Waals surface area contributed by atoms with Crippen molar-refractivity contribution in [3.63, 3.8) is 0 Å². The van der Waals surface area contributed by atoms with Crippen LogP contribution in [-0.2, 0) is 6.54 Å². The monoisotopic (exact) mass is 481 g/mol. The molecule has 0 aliphatic carbocycles. The van der Waals surface area contributed by atoms with Gasteiger partial charge in [-0.3, -0.25) is 15.0 Å². The molecule has 0 spiro atoms. The van der Waals surface area contributed by atoms with Crippen molar-refractivity contribution in [2.24, 2.45) is 11.5 Å². The fourth-order valence-electron chi connectivity index (χ4n) is 4.55. The zero-order chi connectivity index (χ0) is 25.2. The van der Waals surface area contributed by atoms with E-state index in [1.807, 2.05) is 41.0 Å². The van der Waals surface area contributed by atoms with Crippen LogP contribution in [0, 0.1) is 5.41 Å². The summed E-state index contributed by atoms with van der Waals surface area (Å²) in [5.41, 5.74) is 14.9. The highest BCUT2D eigenvalue weighted by Crippen LogP contribution is 2.25. The average Bonchev–Trinajstić information content (AvgIpc) is 3.53. The van der Waals surface area contributed by atoms with Gasteiger partial charge in [-0.2, -0.15) is 0 Å². The van der Waals surface area contributed by atoms with Crippen LogP contribution in [0.2, 0.25) is 0 Å². The Kier molecular flexibility index (Phi) is 6.12. The molecule has 0 bridgehead atoms. The summed E-state index contributed by atoms with van der Waals surface area (Å²) in [6.45, 7) is 2.30. The molecule has 9 nitrogen and oxygen atoms in total. The Balaban J connectivity index is 1.50. The van der Waals surface area contributed by atoms with Gasteiger partial charge in [-0.1, -0.05) is 24.3 Å². The number of hydrogen-bond donors (Lipinski definition) is 4. The van der Waals surface area contributed by atoms with Gasteiger partial charge in [-0.25, -0.2) is 4.98 Å². The van der Waals surface area contributed by atoms with Crippen LogP contribution < -0.4 is 21.7 Å². The van der Waals surface area contributed by atoms with Crippen LogP contribution in [0.1, 0.15) is 44.8 Å². The number of pyridine rings is 1. The first-order chi connectivity index (χ1) is 17.4. The van der Waals surface area contributed by atoms with Crippen molar-refractivity contribution in [1.29, 1.82) is 5.41 Å². The van der Waals surface area contributed by atoms with E-state index in [-0.39, 0.29) is 11.7 Å². The molecular weight excluding hydrogens is 454 g/mol. The molecule has 0 atom stereocenters. The first-order valence-corrected chi connectivity index (χ1v) is 11.8. The highest BCUT2D eigenvalue weighted by atomic mass is 16.2. The molecule has 0 saturated carbocycles. The normalized spacial score (nSPS) is 13.2. The van der Waals surface area contributed by atoms with Gasteiger partial charge in [0.15, 0.2) is 0 Å². The van der Waals surface area contributed by atoms with Gasteiger partial charge in [-0.15, -0.1) is 0 Å². The third kappa shape index (κ3) is 4.63. The molecule has 36 heavy (non-hydrogen) atoms. The number of nitrogens with zero attached hydrogens (tertiary/aromatic N) is 3. The Hall–Kier alpha value is -4.66. The summed E-state index contributed by atoms with van der Waals surface area (Å²) in [5.74, 6) is 0.0480. The maximum Gasteiger partial charge on any atom is 0.272 e. The summed E-state index contributed by atoms with van der Waals surface area (Å²) in [6, 6.07) is 17.9. The minimum atomic E-state index is -0.496. The Labute approximate surface area is 208 Å². The molecular formula is C27H27N7O2. The van der Waals surface area contributed by atoms with Crippen LogP contribution in [0.4, 0.5) is 11.5 Å². The zero-order valence-corrected chi connectivity index (χ0v) is 19.7. The summed E-state index contributed by atoms with van der Waals surface area (Å²) >= 11 is 0. The second-order valence-corrected chi connectivity index (χ2v) is 8.92. The molecule has 1 fully saturated rings. The number of anilines is 2. The SMILES string of the molecule is N=C(N)c1ccc2cc(C(=O)Nc3ccnc(N4CCCC4)c3)n(Cc3ccc(C(N)=O)cc3)c2c1. The van der Waals surface area contributed by atoms with Gasteiger partial charge in [0.2, 0.25) is 5.91 Å². The summed E-state index contributed by atoms with van der Waals surface area (Å²) in [7, 11) is 0. The van der Waals surface area contributed by atoms with Gasteiger partial charge in [0.1, 0.15) is 17.3 Å². The lowest BCUT2D eigenvalue weighted by atomic mass is 10.1. The van der Waals surface area contributed by atoms with E-state index in [1.54, 1.807) is 30.5 Å². The second kappa shape index (κ2) is 9.53. The van der Waals surface area contributed by atoms with Gasteiger partial charge < -0.3 is 26.3 Å². The molecule has 6 N–H and O–H groups in total. The van der Waals surface area contributed by atoms with Crippen molar-refractivity contribution in [1.82, 2.24) is 9.55 Å². The average molecular weight is 482 g/mol. The van der Waals surface area contributed by atoms with E-state index in [0.717, 1.165) is 48.2 Å². The maximum atomic E-state index is 13.5. The number of amidine groups is 1. The topological polar surface area (TPSA) is 143 Å². The number of hydrogen-bond acceptors (Lipinski definition) is 5. The molecule has 1 aliphatic rings. The van der Waals surface area contributed by atoms with Crippen LogP contribution in [0.3, 0.4) is 0 Å². The number of nitrogens with one attached hydrogen (secondary N) is 2. The van der Waals surface area contributed by atoms with Gasteiger partial charge in [0, 0.05) is 59.6 Å². The number of carbonyl (C=O) groups is 2. The Morgan fingerprint density at radius 2 is 1.67 bits per heavy atom. The number of nitrogens with two attached hydrogens (primary N) is 2. The molecule has 3 heterocycles. The maximum absolute atomic E-state index is 13.5. The van der Waals surface area contributed by atoms with Crippen molar-refractivity contribution in [3.8, 4) is 0 Å². The van der Waals surface area contributed by atoms with E-state index in [2.05, 4.69) is 15.2 Å². The van der Waals surface area contributed by atoms with E-state index in [9.17, 15) is 9.59 Å². The fraction of sp³-hybridized carbons (Fsp3) is 0.185. The van der Waals surface area contributed by atoms with Crippen LogP contribution in [0.15, 0.2) is 66.9 Å². The number of carbonyl (C=O) groups excluding carboxylic acids is 2. The predicted octanol–water partition coefficient (Wildman–Crippen LogP) is 3.32. The third-order valence-corrected chi connectivity index (χ3v) is 6.46. The number of aromatic nitrogens is 2. The van der Waals surface area contributed by atoms with E-state index in [1.165, 1.54) is 0 Å². The molecule has 2 aromatic carbocycles. The third-order valence-electron chi connectivity index (χ3n) is 6.46. The fourth-order valence-corrected chi connectivity index (χ4v) is 4.55. The molecule has 1 aliphatic heterocycles. The van der Waals surface area contributed by atoms with Crippen molar-refractivity contribution in [3.05, 3.63) is 89.2 Å².